The minimum absolute atomic E-state index is 0.00381. The number of hydrogen-bond donors (Lipinski definition) is 1. The Hall–Kier alpha value is -1.95. The second-order valence-corrected chi connectivity index (χ2v) is 5.87. The van der Waals surface area contributed by atoms with Gasteiger partial charge in [-0.05, 0) is 38.5 Å². The molecule has 1 aromatic heterocycles. The highest BCUT2D eigenvalue weighted by molar-refractivity contribution is 5.76. The Morgan fingerprint density at radius 1 is 1.48 bits per heavy atom. The molecule has 2 heterocycles. The summed E-state index contributed by atoms with van der Waals surface area (Å²) in [6, 6.07) is 2.81. The first-order chi connectivity index (χ1) is 9.80. The number of halogens is 1. The number of ether oxygens (including phenoxy) is 1. The molecule has 1 aromatic rings. The Bertz CT molecular complexity index is 579. The molecular formula is C15H19FN2O3. The molecule has 0 bridgehead atoms. The molecule has 1 aliphatic rings. The van der Waals surface area contributed by atoms with Gasteiger partial charge in [-0.3, -0.25) is 0 Å². The standard InChI is InChI=1S/C15H19FN2O3/c1-15(2,3)21-14(20)18-7-6-10(8-18)12-5-4-11(16)13(9-19)17-12/h4-6,19H,7-9H2,1-3H3. The van der Waals surface area contributed by atoms with Crippen molar-refractivity contribution in [1.29, 1.82) is 0 Å². The van der Waals surface area contributed by atoms with Crippen LogP contribution in [0.2, 0.25) is 0 Å². The van der Waals surface area contributed by atoms with Crippen molar-refractivity contribution in [2.24, 2.45) is 0 Å². The highest BCUT2D eigenvalue weighted by Gasteiger charge is 2.26. The molecule has 1 N–H and O–H groups in total. The van der Waals surface area contributed by atoms with Crippen LogP contribution in [-0.2, 0) is 11.3 Å². The van der Waals surface area contributed by atoms with Crippen molar-refractivity contribution in [3.8, 4) is 0 Å². The summed E-state index contributed by atoms with van der Waals surface area (Å²) in [7, 11) is 0. The third kappa shape index (κ3) is 3.78. The molecule has 0 saturated carbocycles. The number of rotatable bonds is 2. The second kappa shape index (κ2) is 5.81. The van der Waals surface area contributed by atoms with Crippen LogP contribution in [0.25, 0.3) is 5.57 Å². The van der Waals surface area contributed by atoms with Gasteiger partial charge in [0.05, 0.1) is 18.8 Å². The minimum Gasteiger partial charge on any atom is -0.444 e. The van der Waals surface area contributed by atoms with E-state index in [1.54, 1.807) is 11.0 Å². The maximum absolute atomic E-state index is 13.3. The van der Waals surface area contributed by atoms with Crippen LogP contribution in [0.15, 0.2) is 18.2 Å². The molecule has 2 rings (SSSR count). The fourth-order valence-electron chi connectivity index (χ4n) is 1.98. The summed E-state index contributed by atoms with van der Waals surface area (Å²) >= 11 is 0. The zero-order chi connectivity index (χ0) is 15.6. The Balaban J connectivity index is 2.07. The van der Waals surface area contributed by atoms with Gasteiger partial charge in [-0.15, -0.1) is 0 Å². The highest BCUT2D eigenvalue weighted by atomic mass is 19.1. The van der Waals surface area contributed by atoms with E-state index in [0.717, 1.165) is 5.57 Å². The van der Waals surface area contributed by atoms with Gasteiger partial charge in [0.25, 0.3) is 0 Å². The molecule has 0 fully saturated rings. The van der Waals surface area contributed by atoms with Crippen molar-refractivity contribution in [2.45, 2.75) is 33.0 Å². The van der Waals surface area contributed by atoms with E-state index in [4.69, 9.17) is 9.84 Å². The van der Waals surface area contributed by atoms with E-state index in [-0.39, 0.29) is 5.69 Å². The molecule has 114 valence electrons. The lowest BCUT2D eigenvalue weighted by atomic mass is 10.1. The fourth-order valence-corrected chi connectivity index (χ4v) is 1.98. The van der Waals surface area contributed by atoms with Gasteiger partial charge in [-0.2, -0.15) is 0 Å². The van der Waals surface area contributed by atoms with Gasteiger partial charge in [0, 0.05) is 6.54 Å². The van der Waals surface area contributed by atoms with Crippen LogP contribution in [0.4, 0.5) is 9.18 Å². The van der Waals surface area contributed by atoms with Gasteiger partial charge >= 0.3 is 6.09 Å². The quantitative estimate of drug-likeness (QED) is 0.909. The maximum Gasteiger partial charge on any atom is 0.410 e. The van der Waals surface area contributed by atoms with E-state index in [9.17, 15) is 9.18 Å². The third-order valence-electron chi connectivity index (χ3n) is 2.97. The predicted molar refractivity (Wildman–Crippen MR) is 75.9 cm³/mol. The molecule has 21 heavy (non-hydrogen) atoms. The topological polar surface area (TPSA) is 62.7 Å². The summed E-state index contributed by atoms with van der Waals surface area (Å²) < 4.78 is 18.6. The first kappa shape index (κ1) is 15.4. The number of pyridine rings is 1. The summed E-state index contributed by atoms with van der Waals surface area (Å²) in [5, 5.41) is 9.05. The number of amides is 1. The lowest BCUT2D eigenvalue weighted by molar-refractivity contribution is 0.0306. The van der Waals surface area contributed by atoms with Crippen LogP contribution >= 0.6 is 0 Å². The molecule has 0 aliphatic carbocycles. The normalized spacial score (nSPS) is 15.1. The van der Waals surface area contributed by atoms with Gasteiger partial charge in [0.2, 0.25) is 0 Å². The monoisotopic (exact) mass is 294 g/mol. The van der Waals surface area contributed by atoms with E-state index in [2.05, 4.69) is 4.98 Å². The number of carbonyl (C=O) groups is 1. The lowest BCUT2D eigenvalue weighted by Crippen LogP contribution is -2.35. The van der Waals surface area contributed by atoms with Crippen molar-refractivity contribution in [3.63, 3.8) is 0 Å². The number of aliphatic hydroxyl groups excluding tert-OH is 1. The Kier molecular flexibility index (Phi) is 4.27. The molecule has 6 heteroatoms. The van der Waals surface area contributed by atoms with Gasteiger partial charge in [0.1, 0.15) is 17.1 Å². The van der Waals surface area contributed by atoms with Crippen LogP contribution in [0, 0.1) is 5.82 Å². The third-order valence-corrected chi connectivity index (χ3v) is 2.97. The van der Waals surface area contributed by atoms with E-state index >= 15 is 0 Å². The Labute approximate surface area is 123 Å². The van der Waals surface area contributed by atoms with Gasteiger partial charge < -0.3 is 14.7 Å². The first-order valence-electron chi connectivity index (χ1n) is 6.74. The maximum atomic E-state index is 13.3. The largest absolute Gasteiger partial charge is 0.444 e. The molecule has 1 amide bonds. The summed E-state index contributed by atoms with van der Waals surface area (Å²) in [4.78, 5) is 17.6. The van der Waals surface area contributed by atoms with Crippen molar-refractivity contribution < 1.29 is 19.0 Å². The molecule has 0 unspecified atom stereocenters. The van der Waals surface area contributed by atoms with Crippen molar-refractivity contribution in [3.05, 3.63) is 35.4 Å². The van der Waals surface area contributed by atoms with Crippen molar-refractivity contribution in [1.82, 2.24) is 9.88 Å². The number of hydrogen-bond acceptors (Lipinski definition) is 4. The lowest BCUT2D eigenvalue weighted by Gasteiger charge is -2.24. The minimum atomic E-state index is -0.544. The Morgan fingerprint density at radius 2 is 2.19 bits per heavy atom. The SMILES string of the molecule is CC(C)(C)OC(=O)N1CC=C(c2ccc(F)c(CO)n2)C1. The van der Waals surface area contributed by atoms with Crippen LogP contribution < -0.4 is 0 Å². The van der Waals surface area contributed by atoms with Gasteiger partial charge in [0.15, 0.2) is 0 Å². The second-order valence-electron chi connectivity index (χ2n) is 5.87. The van der Waals surface area contributed by atoms with Crippen LogP contribution in [0.5, 0.6) is 0 Å². The molecular weight excluding hydrogens is 275 g/mol. The smallest absolute Gasteiger partial charge is 0.410 e. The molecule has 5 nitrogen and oxygen atoms in total. The van der Waals surface area contributed by atoms with E-state index in [1.807, 2.05) is 26.8 Å². The van der Waals surface area contributed by atoms with Gasteiger partial charge in [-0.1, -0.05) is 6.08 Å². The highest BCUT2D eigenvalue weighted by Crippen LogP contribution is 2.22. The van der Waals surface area contributed by atoms with E-state index < -0.39 is 24.1 Å². The molecule has 0 saturated heterocycles. The number of aromatic nitrogens is 1. The number of aliphatic hydroxyl groups is 1. The van der Waals surface area contributed by atoms with Crippen LogP contribution in [-0.4, -0.2) is 39.8 Å². The molecule has 0 aromatic carbocycles. The summed E-state index contributed by atoms with van der Waals surface area (Å²) in [6.07, 6.45) is 1.46. The average Bonchev–Trinajstić information content (AvgIpc) is 2.87. The van der Waals surface area contributed by atoms with Crippen LogP contribution in [0.3, 0.4) is 0 Å². The summed E-state index contributed by atoms with van der Waals surface area (Å²) in [6.45, 7) is 5.76. The van der Waals surface area contributed by atoms with Gasteiger partial charge in [-0.25, -0.2) is 14.2 Å². The molecule has 0 radical (unpaired) electrons. The first-order valence-corrected chi connectivity index (χ1v) is 6.74. The average molecular weight is 294 g/mol. The predicted octanol–water partition coefficient (Wildman–Crippen LogP) is 2.35. The van der Waals surface area contributed by atoms with E-state index in [0.29, 0.717) is 18.8 Å². The Morgan fingerprint density at radius 3 is 2.81 bits per heavy atom. The summed E-state index contributed by atoms with van der Waals surface area (Å²) in [5.41, 5.74) is 0.837. The zero-order valence-corrected chi connectivity index (χ0v) is 12.4. The molecule has 0 atom stereocenters. The number of nitrogens with zero attached hydrogens (tertiary/aromatic N) is 2. The molecule has 0 spiro atoms. The summed E-state index contributed by atoms with van der Waals surface area (Å²) in [5.74, 6) is -0.538. The molecule has 1 aliphatic heterocycles. The van der Waals surface area contributed by atoms with E-state index in [1.165, 1.54) is 6.07 Å². The fraction of sp³-hybridized carbons (Fsp3) is 0.467. The zero-order valence-electron chi connectivity index (χ0n) is 12.4. The van der Waals surface area contributed by atoms with Crippen molar-refractivity contribution in [2.75, 3.05) is 13.1 Å². The van der Waals surface area contributed by atoms with Crippen molar-refractivity contribution >= 4 is 11.7 Å². The van der Waals surface area contributed by atoms with Crippen LogP contribution in [0.1, 0.15) is 32.2 Å². The number of carbonyl (C=O) groups excluding carboxylic acids is 1.